The molecule has 0 aliphatic heterocycles. The highest BCUT2D eigenvalue weighted by Gasteiger charge is 2.17. The summed E-state index contributed by atoms with van der Waals surface area (Å²) >= 11 is 6.04. The van der Waals surface area contributed by atoms with E-state index in [9.17, 15) is 0 Å². The fourth-order valence-corrected chi connectivity index (χ4v) is 1.65. The summed E-state index contributed by atoms with van der Waals surface area (Å²) in [4.78, 5) is 4.28. The van der Waals surface area contributed by atoms with Crippen LogP contribution in [0.1, 0.15) is 25.6 Å². The van der Waals surface area contributed by atoms with Crippen molar-refractivity contribution >= 4 is 11.6 Å². The molecule has 1 unspecified atom stereocenters. The summed E-state index contributed by atoms with van der Waals surface area (Å²) in [6, 6.07) is 3.95. The van der Waals surface area contributed by atoms with Gasteiger partial charge in [-0.1, -0.05) is 25.4 Å². The normalized spacial score (nSPS) is 13.3. The summed E-state index contributed by atoms with van der Waals surface area (Å²) in [7, 11) is 1.93. The van der Waals surface area contributed by atoms with Gasteiger partial charge in [-0.25, -0.2) is 0 Å². The van der Waals surface area contributed by atoms with Crippen LogP contribution in [0.4, 0.5) is 0 Å². The molecule has 0 aromatic carbocycles. The zero-order valence-corrected chi connectivity index (χ0v) is 8.97. The molecule has 1 rings (SSSR count). The van der Waals surface area contributed by atoms with Crippen LogP contribution in [0.5, 0.6) is 0 Å². The molecule has 1 N–H and O–H groups in total. The molecular formula is C10H15ClN2. The van der Waals surface area contributed by atoms with Gasteiger partial charge in [0.2, 0.25) is 0 Å². The molecule has 1 aromatic rings. The van der Waals surface area contributed by atoms with Gasteiger partial charge < -0.3 is 5.32 Å². The van der Waals surface area contributed by atoms with Crippen molar-refractivity contribution in [1.29, 1.82) is 0 Å². The summed E-state index contributed by atoms with van der Waals surface area (Å²) in [6.07, 6.45) is 1.77. The maximum atomic E-state index is 6.04. The molecule has 0 fully saturated rings. The quantitative estimate of drug-likeness (QED) is 0.808. The standard InChI is InChI=1S/C10H15ClN2/c1-7(2)9(12-3)10-8(11)5-4-6-13-10/h4-7,9,12H,1-3H3. The number of aromatic nitrogens is 1. The number of hydrogen-bond donors (Lipinski definition) is 1. The largest absolute Gasteiger partial charge is 0.311 e. The van der Waals surface area contributed by atoms with Crippen LogP contribution in [-0.4, -0.2) is 12.0 Å². The Morgan fingerprint density at radius 1 is 1.46 bits per heavy atom. The molecule has 0 bridgehead atoms. The maximum Gasteiger partial charge on any atom is 0.0761 e. The molecule has 72 valence electrons. The van der Waals surface area contributed by atoms with E-state index in [1.165, 1.54) is 0 Å². The van der Waals surface area contributed by atoms with Crippen molar-refractivity contribution < 1.29 is 0 Å². The summed E-state index contributed by atoms with van der Waals surface area (Å²) in [6.45, 7) is 4.29. The Kier molecular flexibility index (Phi) is 3.70. The smallest absolute Gasteiger partial charge is 0.0761 e. The zero-order chi connectivity index (χ0) is 9.84. The fraction of sp³-hybridized carbons (Fsp3) is 0.500. The molecule has 0 aliphatic rings. The molecule has 0 aliphatic carbocycles. The average molecular weight is 199 g/mol. The highest BCUT2D eigenvalue weighted by molar-refractivity contribution is 6.31. The predicted molar refractivity (Wildman–Crippen MR) is 55.9 cm³/mol. The number of hydrogen-bond acceptors (Lipinski definition) is 2. The average Bonchev–Trinajstić information content (AvgIpc) is 2.09. The molecule has 0 saturated carbocycles. The minimum atomic E-state index is 0.230. The monoisotopic (exact) mass is 198 g/mol. The molecule has 0 amide bonds. The van der Waals surface area contributed by atoms with Gasteiger partial charge in [-0.2, -0.15) is 0 Å². The van der Waals surface area contributed by atoms with Gasteiger partial charge in [0.15, 0.2) is 0 Å². The lowest BCUT2D eigenvalue weighted by atomic mass is 10.0. The summed E-state index contributed by atoms with van der Waals surface area (Å²) < 4.78 is 0. The second-order valence-corrected chi connectivity index (χ2v) is 3.79. The Bertz CT molecular complexity index is 273. The SMILES string of the molecule is CNC(c1ncccc1Cl)C(C)C. The maximum absolute atomic E-state index is 6.04. The van der Waals surface area contributed by atoms with Gasteiger partial charge in [0.05, 0.1) is 16.8 Å². The number of nitrogens with zero attached hydrogens (tertiary/aromatic N) is 1. The topological polar surface area (TPSA) is 24.9 Å². The first-order valence-corrected chi connectivity index (χ1v) is 4.82. The van der Waals surface area contributed by atoms with Crippen LogP contribution < -0.4 is 5.32 Å². The van der Waals surface area contributed by atoms with Gasteiger partial charge in [-0.15, -0.1) is 0 Å². The lowest BCUT2D eigenvalue weighted by Crippen LogP contribution is -2.23. The van der Waals surface area contributed by atoms with Crippen molar-refractivity contribution in [1.82, 2.24) is 10.3 Å². The van der Waals surface area contributed by atoms with Crippen LogP contribution in [-0.2, 0) is 0 Å². The molecule has 0 spiro atoms. The zero-order valence-electron chi connectivity index (χ0n) is 8.21. The van der Waals surface area contributed by atoms with Gasteiger partial charge in [-0.05, 0) is 25.1 Å². The summed E-state index contributed by atoms with van der Waals surface area (Å²) in [5, 5.41) is 3.94. The fourth-order valence-electron chi connectivity index (χ4n) is 1.41. The first kappa shape index (κ1) is 10.5. The first-order chi connectivity index (χ1) is 6.16. The van der Waals surface area contributed by atoms with Gasteiger partial charge in [-0.3, -0.25) is 4.98 Å². The molecule has 3 heteroatoms. The predicted octanol–water partition coefficient (Wildman–Crippen LogP) is 2.65. The van der Waals surface area contributed by atoms with E-state index in [0.29, 0.717) is 5.92 Å². The van der Waals surface area contributed by atoms with Crippen LogP contribution in [0.25, 0.3) is 0 Å². The van der Waals surface area contributed by atoms with Gasteiger partial charge in [0.25, 0.3) is 0 Å². The van der Waals surface area contributed by atoms with Crippen molar-refractivity contribution in [3.05, 3.63) is 29.0 Å². The van der Waals surface area contributed by atoms with Crippen LogP contribution in [0, 0.1) is 5.92 Å². The molecule has 0 saturated heterocycles. The van der Waals surface area contributed by atoms with E-state index in [1.54, 1.807) is 6.20 Å². The third-order valence-electron chi connectivity index (χ3n) is 2.06. The van der Waals surface area contributed by atoms with Crippen LogP contribution in [0.15, 0.2) is 18.3 Å². The number of nitrogens with one attached hydrogen (secondary N) is 1. The van der Waals surface area contributed by atoms with Gasteiger partial charge in [0, 0.05) is 6.20 Å². The van der Waals surface area contributed by atoms with E-state index in [1.807, 2.05) is 19.2 Å². The van der Waals surface area contributed by atoms with Crippen LogP contribution in [0.3, 0.4) is 0 Å². The highest BCUT2D eigenvalue weighted by Crippen LogP contribution is 2.25. The Hall–Kier alpha value is -0.600. The van der Waals surface area contributed by atoms with Crippen LogP contribution in [0.2, 0.25) is 5.02 Å². The van der Waals surface area contributed by atoms with E-state index in [4.69, 9.17) is 11.6 Å². The molecule has 1 heterocycles. The Labute approximate surface area is 84.3 Å². The molecule has 1 atom stereocenters. The van der Waals surface area contributed by atoms with Crippen molar-refractivity contribution in [3.8, 4) is 0 Å². The first-order valence-electron chi connectivity index (χ1n) is 4.44. The van der Waals surface area contributed by atoms with E-state index in [0.717, 1.165) is 10.7 Å². The Balaban J connectivity index is 2.97. The Morgan fingerprint density at radius 2 is 2.15 bits per heavy atom. The molecule has 1 aromatic heterocycles. The van der Waals surface area contributed by atoms with Crippen molar-refractivity contribution in [2.45, 2.75) is 19.9 Å². The molecule has 13 heavy (non-hydrogen) atoms. The third kappa shape index (κ3) is 2.42. The summed E-state index contributed by atoms with van der Waals surface area (Å²) in [5.74, 6) is 0.484. The molecule has 2 nitrogen and oxygen atoms in total. The van der Waals surface area contributed by atoms with Gasteiger partial charge in [0.1, 0.15) is 0 Å². The van der Waals surface area contributed by atoms with Crippen molar-refractivity contribution in [2.24, 2.45) is 5.92 Å². The number of pyridine rings is 1. The number of halogens is 1. The van der Waals surface area contributed by atoms with Crippen LogP contribution >= 0.6 is 11.6 Å². The third-order valence-corrected chi connectivity index (χ3v) is 2.38. The van der Waals surface area contributed by atoms with Crippen molar-refractivity contribution in [3.63, 3.8) is 0 Å². The lowest BCUT2D eigenvalue weighted by molar-refractivity contribution is 0.434. The van der Waals surface area contributed by atoms with Gasteiger partial charge >= 0.3 is 0 Å². The second kappa shape index (κ2) is 4.58. The van der Waals surface area contributed by atoms with Crippen molar-refractivity contribution in [2.75, 3.05) is 7.05 Å². The Morgan fingerprint density at radius 3 is 2.62 bits per heavy atom. The number of rotatable bonds is 3. The van der Waals surface area contributed by atoms with E-state index >= 15 is 0 Å². The highest BCUT2D eigenvalue weighted by atomic mass is 35.5. The lowest BCUT2D eigenvalue weighted by Gasteiger charge is -2.20. The minimum Gasteiger partial charge on any atom is -0.311 e. The summed E-state index contributed by atoms with van der Waals surface area (Å²) in [5.41, 5.74) is 0.932. The van der Waals surface area contributed by atoms with E-state index < -0.39 is 0 Å². The molecule has 0 radical (unpaired) electrons. The molecular weight excluding hydrogens is 184 g/mol. The van der Waals surface area contributed by atoms with E-state index in [2.05, 4.69) is 24.1 Å². The second-order valence-electron chi connectivity index (χ2n) is 3.38. The minimum absolute atomic E-state index is 0.230. The van der Waals surface area contributed by atoms with E-state index in [-0.39, 0.29) is 6.04 Å².